The molecule has 0 aliphatic rings. The second-order valence-corrected chi connectivity index (χ2v) is 8.04. The Bertz CT molecular complexity index is 466. The zero-order chi connectivity index (χ0) is 16.4. The van der Waals surface area contributed by atoms with Gasteiger partial charge < -0.3 is 4.74 Å². The Labute approximate surface area is 139 Å². The van der Waals surface area contributed by atoms with Crippen LogP contribution in [0.4, 0.5) is 0 Å². The lowest BCUT2D eigenvalue weighted by Crippen LogP contribution is -2.14. The molecule has 1 aromatic rings. The van der Waals surface area contributed by atoms with Crippen LogP contribution in [0.3, 0.4) is 0 Å². The van der Waals surface area contributed by atoms with Gasteiger partial charge >= 0.3 is 5.97 Å². The van der Waals surface area contributed by atoms with E-state index in [-0.39, 0.29) is 10.7 Å². The molecule has 0 heterocycles. The Kier molecular flexibility index (Phi) is 8.32. The van der Waals surface area contributed by atoms with E-state index < -0.39 is 0 Å². The number of benzene rings is 1. The number of carbonyl (C=O) groups is 1. The number of unbranched alkanes of at least 4 members (excludes halogenated alkanes) is 3. The van der Waals surface area contributed by atoms with Gasteiger partial charge in [-0.2, -0.15) is 0 Å². The van der Waals surface area contributed by atoms with Crippen molar-refractivity contribution in [1.29, 1.82) is 0 Å². The van der Waals surface area contributed by atoms with Crippen molar-refractivity contribution in [2.24, 2.45) is 0 Å². The minimum absolute atomic E-state index is 0.258. The Morgan fingerprint density at radius 1 is 1.14 bits per heavy atom. The Hall–Kier alpha value is -1.22. The fourth-order valence-electron chi connectivity index (χ4n) is 2.15. The third-order valence-corrected chi connectivity index (χ3v) is 4.66. The second kappa shape index (κ2) is 9.73. The van der Waals surface area contributed by atoms with E-state index in [2.05, 4.69) is 50.8 Å². The molecule has 0 aliphatic heterocycles. The molecular formula is C19H28O2S. The van der Waals surface area contributed by atoms with Crippen LogP contribution in [0.1, 0.15) is 52.9 Å². The number of carbonyl (C=O) groups excluding carboxylic acids is 1. The lowest BCUT2D eigenvalue weighted by atomic mass is 10.0. The maximum Gasteiger partial charge on any atom is 0.333 e. The Balaban J connectivity index is 2.10. The topological polar surface area (TPSA) is 26.3 Å². The molecule has 1 rings (SSSR count). The van der Waals surface area contributed by atoms with Gasteiger partial charge in [0, 0.05) is 15.2 Å². The molecule has 0 radical (unpaired) electrons. The van der Waals surface area contributed by atoms with E-state index in [0.29, 0.717) is 12.2 Å². The molecule has 2 nitrogen and oxygen atoms in total. The summed E-state index contributed by atoms with van der Waals surface area (Å²) in [7, 11) is 0. The Morgan fingerprint density at radius 2 is 1.77 bits per heavy atom. The van der Waals surface area contributed by atoms with Crippen LogP contribution in [-0.4, -0.2) is 17.3 Å². The van der Waals surface area contributed by atoms with E-state index in [1.54, 1.807) is 6.92 Å². The molecule has 22 heavy (non-hydrogen) atoms. The number of thioether (sulfide) groups is 1. The fourth-order valence-corrected chi connectivity index (χ4v) is 3.33. The summed E-state index contributed by atoms with van der Waals surface area (Å²) in [5.74, 6) is -0.277. The number of hydrogen-bond acceptors (Lipinski definition) is 3. The summed E-state index contributed by atoms with van der Waals surface area (Å²) < 4.78 is 5.35. The first kappa shape index (κ1) is 18.8. The van der Waals surface area contributed by atoms with Gasteiger partial charge in [-0.3, -0.25) is 0 Å². The molecule has 0 unspecified atom stereocenters. The van der Waals surface area contributed by atoms with Crippen LogP contribution in [0.5, 0.6) is 0 Å². The summed E-state index contributed by atoms with van der Waals surface area (Å²) in [6.45, 7) is 10.4. The number of rotatable bonds is 10. The van der Waals surface area contributed by atoms with E-state index >= 15 is 0 Å². The van der Waals surface area contributed by atoms with E-state index in [0.717, 1.165) is 12.8 Å². The lowest BCUT2D eigenvalue weighted by Gasteiger charge is -2.24. The van der Waals surface area contributed by atoms with Gasteiger partial charge in [0.1, 0.15) is 0 Å². The van der Waals surface area contributed by atoms with Crippen LogP contribution >= 0.6 is 11.8 Å². The highest BCUT2D eigenvalue weighted by Crippen LogP contribution is 2.36. The summed E-state index contributed by atoms with van der Waals surface area (Å²) in [5.41, 5.74) is 0.472. The van der Waals surface area contributed by atoms with Gasteiger partial charge in [-0.25, -0.2) is 4.79 Å². The normalized spacial score (nSPS) is 11.2. The summed E-state index contributed by atoms with van der Waals surface area (Å²) in [4.78, 5) is 12.5. The molecule has 0 saturated heterocycles. The van der Waals surface area contributed by atoms with E-state index in [1.807, 2.05) is 11.8 Å². The van der Waals surface area contributed by atoms with Crippen molar-refractivity contribution >= 4 is 17.7 Å². The smallest absolute Gasteiger partial charge is 0.333 e. The third kappa shape index (κ3) is 8.28. The van der Waals surface area contributed by atoms with Crippen LogP contribution in [0.15, 0.2) is 47.4 Å². The SMILES string of the molecule is C=C(C)C(=O)OCCCCCCC(C)(C)Sc1ccccc1. The number of hydrogen-bond donors (Lipinski definition) is 0. The van der Waals surface area contributed by atoms with Crippen molar-refractivity contribution in [2.45, 2.75) is 62.5 Å². The van der Waals surface area contributed by atoms with Crippen molar-refractivity contribution < 1.29 is 9.53 Å². The van der Waals surface area contributed by atoms with Crippen LogP contribution in [0.2, 0.25) is 0 Å². The maximum atomic E-state index is 11.2. The quantitative estimate of drug-likeness (QED) is 0.242. The number of ether oxygens (including phenoxy) is 1. The van der Waals surface area contributed by atoms with Gasteiger partial charge in [0.15, 0.2) is 0 Å². The molecule has 0 saturated carbocycles. The molecule has 0 N–H and O–H groups in total. The van der Waals surface area contributed by atoms with Gasteiger partial charge in [0.05, 0.1) is 6.61 Å². The average Bonchev–Trinajstić information content (AvgIpc) is 2.46. The van der Waals surface area contributed by atoms with E-state index in [1.165, 1.54) is 24.2 Å². The van der Waals surface area contributed by atoms with E-state index in [9.17, 15) is 4.79 Å². The highest BCUT2D eigenvalue weighted by Gasteiger charge is 2.18. The lowest BCUT2D eigenvalue weighted by molar-refractivity contribution is -0.139. The predicted molar refractivity (Wildman–Crippen MR) is 95.2 cm³/mol. The molecule has 0 atom stereocenters. The third-order valence-electron chi connectivity index (χ3n) is 3.39. The van der Waals surface area contributed by atoms with Crippen molar-refractivity contribution in [3.63, 3.8) is 0 Å². The minimum Gasteiger partial charge on any atom is -0.462 e. The molecule has 1 aromatic carbocycles. The molecule has 0 bridgehead atoms. The van der Waals surface area contributed by atoms with Crippen LogP contribution in [-0.2, 0) is 9.53 Å². The van der Waals surface area contributed by atoms with Gasteiger partial charge in [-0.1, -0.05) is 57.9 Å². The summed E-state index contributed by atoms with van der Waals surface area (Å²) in [5, 5.41) is 0. The van der Waals surface area contributed by atoms with Crippen molar-refractivity contribution in [3.05, 3.63) is 42.5 Å². The highest BCUT2D eigenvalue weighted by atomic mass is 32.2. The molecule has 0 fully saturated rings. The summed E-state index contributed by atoms with van der Waals surface area (Å²) in [6.07, 6.45) is 5.63. The first-order chi connectivity index (χ1) is 10.4. The first-order valence-electron chi connectivity index (χ1n) is 7.97. The average molecular weight is 320 g/mol. The largest absolute Gasteiger partial charge is 0.462 e. The second-order valence-electron chi connectivity index (χ2n) is 6.26. The van der Waals surface area contributed by atoms with Gasteiger partial charge in [-0.05, 0) is 31.9 Å². The molecule has 3 heteroatoms. The molecular weight excluding hydrogens is 292 g/mol. The van der Waals surface area contributed by atoms with Gasteiger partial charge in [0.2, 0.25) is 0 Å². The van der Waals surface area contributed by atoms with Crippen LogP contribution < -0.4 is 0 Å². The van der Waals surface area contributed by atoms with Gasteiger partial charge in [0.25, 0.3) is 0 Å². The highest BCUT2D eigenvalue weighted by molar-refractivity contribution is 8.00. The predicted octanol–water partition coefficient (Wildman–Crippen LogP) is 5.63. The monoisotopic (exact) mass is 320 g/mol. The molecule has 0 aromatic heterocycles. The van der Waals surface area contributed by atoms with Crippen LogP contribution in [0, 0.1) is 0 Å². The fraction of sp³-hybridized carbons (Fsp3) is 0.526. The van der Waals surface area contributed by atoms with Crippen LogP contribution in [0.25, 0.3) is 0 Å². The maximum absolute atomic E-state index is 11.2. The Morgan fingerprint density at radius 3 is 2.41 bits per heavy atom. The first-order valence-corrected chi connectivity index (χ1v) is 8.79. The van der Waals surface area contributed by atoms with Crippen molar-refractivity contribution in [3.8, 4) is 0 Å². The molecule has 122 valence electrons. The van der Waals surface area contributed by atoms with E-state index in [4.69, 9.17) is 4.74 Å². The van der Waals surface area contributed by atoms with Crippen molar-refractivity contribution in [2.75, 3.05) is 6.61 Å². The summed E-state index contributed by atoms with van der Waals surface area (Å²) >= 11 is 1.94. The molecule has 0 spiro atoms. The zero-order valence-electron chi connectivity index (χ0n) is 14.1. The number of esters is 1. The molecule has 0 amide bonds. The standard InChI is InChI=1S/C19H28O2S/c1-16(2)18(20)21-15-11-6-5-10-14-19(3,4)22-17-12-8-7-9-13-17/h7-9,12-13H,1,5-6,10-11,14-15H2,2-4H3. The zero-order valence-corrected chi connectivity index (χ0v) is 14.9. The van der Waals surface area contributed by atoms with Gasteiger partial charge in [-0.15, -0.1) is 11.8 Å². The van der Waals surface area contributed by atoms with Crippen molar-refractivity contribution in [1.82, 2.24) is 0 Å². The minimum atomic E-state index is -0.277. The molecule has 0 aliphatic carbocycles. The summed E-state index contributed by atoms with van der Waals surface area (Å²) in [6, 6.07) is 10.6.